The minimum atomic E-state index is -1.32. The maximum Gasteiger partial charge on any atom is 0.352 e. The molecule has 2 aliphatic heterocycles. The molecule has 0 aromatic rings. The first kappa shape index (κ1) is 29.2. The van der Waals surface area contributed by atoms with E-state index in [0.29, 0.717) is 12.8 Å². The van der Waals surface area contributed by atoms with Gasteiger partial charge in [0.1, 0.15) is 11.5 Å². The van der Waals surface area contributed by atoms with Crippen LogP contribution in [0, 0.1) is 0 Å². The maximum absolute atomic E-state index is 11.9. The number of carbonyl (C=O) groups excluding carboxylic acids is 4. The number of allylic oxidation sites excluding steroid dienone is 2. The molecule has 0 radical (unpaired) electrons. The van der Waals surface area contributed by atoms with E-state index in [-0.39, 0.29) is 24.4 Å². The van der Waals surface area contributed by atoms with E-state index >= 15 is 0 Å². The molecule has 0 aromatic carbocycles. The maximum atomic E-state index is 11.9. The zero-order valence-electron chi connectivity index (χ0n) is 21.6. The Morgan fingerprint density at radius 1 is 0.500 bits per heavy atom. The summed E-state index contributed by atoms with van der Waals surface area (Å²) in [7, 11) is 0. The summed E-state index contributed by atoms with van der Waals surface area (Å²) in [6.45, 7) is 5.82. The van der Waals surface area contributed by atoms with Crippen molar-refractivity contribution in [1.82, 2.24) is 0 Å². The molecule has 2 saturated heterocycles. The van der Waals surface area contributed by atoms with E-state index in [1.54, 1.807) is 0 Å². The van der Waals surface area contributed by atoms with Crippen molar-refractivity contribution in [2.75, 3.05) is 0 Å². The standard InChI is InChI=1S/C26H38O10/c1-25(2)33-21(29)19(22(30)34-25)17(27)15-13-11-9-7-5-6-8-10-12-14-16-18(28)20-23(31)35-26(3,4)36-24(20)32/h27-28H,5-16H2,1-4H3. The molecule has 0 unspecified atom stereocenters. The second kappa shape index (κ2) is 12.8. The van der Waals surface area contributed by atoms with Crippen molar-refractivity contribution in [2.24, 2.45) is 0 Å². The van der Waals surface area contributed by atoms with Crippen LogP contribution in [0.25, 0.3) is 0 Å². The summed E-state index contributed by atoms with van der Waals surface area (Å²) >= 11 is 0. The fraction of sp³-hybridized carbons (Fsp3) is 0.692. The van der Waals surface area contributed by atoms with Crippen LogP contribution < -0.4 is 0 Å². The molecule has 2 N–H and O–H groups in total. The molecule has 0 aliphatic carbocycles. The molecule has 2 aliphatic rings. The van der Waals surface area contributed by atoms with E-state index in [1.807, 2.05) is 0 Å². The fourth-order valence-electron chi connectivity index (χ4n) is 4.03. The van der Waals surface area contributed by atoms with Crippen molar-refractivity contribution < 1.29 is 48.3 Å². The lowest BCUT2D eigenvalue weighted by molar-refractivity contribution is -0.224. The molecule has 0 saturated carbocycles. The van der Waals surface area contributed by atoms with E-state index < -0.39 is 46.6 Å². The molecule has 2 heterocycles. The molecular formula is C26H38O10. The van der Waals surface area contributed by atoms with Crippen molar-refractivity contribution in [2.45, 2.75) is 116 Å². The van der Waals surface area contributed by atoms with E-state index in [0.717, 1.165) is 51.4 Å². The molecule has 0 aromatic heterocycles. The number of aliphatic hydroxyl groups is 2. The lowest BCUT2D eigenvalue weighted by Crippen LogP contribution is -2.42. The predicted molar refractivity (Wildman–Crippen MR) is 127 cm³/mol. The smallest absolute Gasteiger partial charge is 0.352 e. The van der Waals surface area contributed by atoms with E-state index in [1.165, 1.54) is 27.7 Å². The van der Waals surface area contributed by atoms with Gasteiger partial charge < -0.3 is 29.2 Å². The van der Waals surface area contributed by atoms with Crippen LogP contribution in [0.2, 0.25) is 0 Å². The largest absolute Gasteiger partial charge is 0.511 e. The first-order valence-corrected chi connectivity index (χ1v) is 12.6. The minimum absolute atomic E-state index is 0.218. The molecule has 36 heavy (non-hydrogen) atoms. The summed E-state index contributed by atoms with van der Waals surface area (Å²) in [5.41, 5.74) is -0.831. The first-order valence-electron chi connectivity index (χ1n) is 12.6. The highest BCUT2D eigenvalue weighted by Crippen LogP contribution is 2.27. The Kier molecular flexibility index (Phi) is 10.4. The number of unbranched alkanes of at least 4 members (excludes halogenated alkanes) is 9. The normalized spacial score (nSPS) is 18.8. The van der Waals surface area contributed by atoms with Crippen molar-refractivity contribution in [3.05, 3.63) is 22.7 Å². The summed E-state index contributed by atoms with van der Waals surface area (Å²) in [5, 5.41) is 20.2. The lowest BCUT2D eigenvalue weighted by Gasteiger charge is -2.30. The third-order valence-corrected chi connectivity index (χ3v) is 5.82. The Bertz CT molecular complexity index is 792. The Balaban J connectivity index is 1.52. The molecule has 0 spiro atoms. The van der Waals surface area contributed by atoms with Crippen LogP contribution in [-0.4, -0.2) is 45.7 Å². The van der Waals surface area contributed by atoms with Gasteiger partial charge >= 0.3 is 23.9 Å². The van der Waals surface area contributed by atoms with Gasteiger partial charge in [-0.15, -0.1) is 0 Å². The van der Waals surface area contributed by atoms with Gasteiger partial charge in [0.05, 0.1) is 0 Å². The second-order valence-corrected chi connectivity index (χ2v) is 10.0. The molecule has 2 fully saturated rings. The highest BCUT2D eigenvalue weighted by Gasteiger charge is 2.42. The number of cyclic esters (lactones) is 4. The van der Waals surface area contributed by atoms with Crippen molar-refractivity contribution >= 4 is 23.9 Å². The quantitative estimate of drug-likeness (QED) is 0.114. The number of aliphatic hydroxyl groups excluding tert-OH is 2. The van der Waals surface area contributed by atoms with Crippen molar-refractivity contribution in [1.29, 1.82) is 0 Å². The van der Waals surface area contributed by atoms with Crippen LogP contribution in [0.5, 0.6) is 0 Å². The van der Waals surface area contributed by atoms with Gasteiger partial charge in [-0.1, -0.05) is 51.4 Å². The first-order chi connectivity index (χ1) is 16.8. The van der Waals surface area contributed by atoms with Crippen LogP contribution in [0.15, 0.2) is 22.7 Å². The summed E-state index contributed by atoms with van der Waals surface area (Å²) in [4.78, 5) is 47.7. The summed E-state index contributed by atoms with van der Waals surface area (Å²) in [6, 6.07) is 0. The average Bonchev–Trinajstić information content (AvgIpc) is 2.71. The molecule has 2 rings (SSSR count). The average molecular weight is 511 g/mol. The number of rotatable bonds is 13. The minimum Gasteiger partial charge on any atom is -0.511 e. The van der Waals surface area contributed by atoms with Gasteiger partial charge in [-0.3, -0.25) is 0 Å². The van der Waals surface area contributed by atoms with Gasteiger partial charge in [0.2, 0.25) is 0 Å². The van der Waals surface area contributed by atoms with Gasteiger partial charge in [0, 0.05) is 40.5 Å². The molecule has 0 amide bonds. The molecule has 10 nitrogen and oxygen atoms in total. The van der Waals surface area contributed by atoms with Gasteiger partial charge in [0.25, 0.3) is 11.6 Å². The fourth-order valence-corrected chi connectivity index (χ4v) is 4.03. The number of ether oxygens (including phenoxy) is 4. The highest BCUT2D eigenvalue weighted by molar-refractivity contribution is 6.16. The number of hydrogen-bond donors (Lipinski definition) is 2. The number of esters is 4. The zero-order valence-corrected chi connectivity index (χ0v) is 21.6. The van der Waals surface area contributed by atoms with Crippen molar-refractivity contribution in [3.8, 4) is 0 Å². The monoisotopic (exact) mass is 510 g/mol. The Morgan fingerprint density at radius 3 is 0.972 bits per heavy atom. The molecule has 0 bridgehead atoms. The number of carbonyl (C=O) groups is 4. The van der Waals surface area contributed by atoms with E-state index in [4.69, 9.17) is 18.9 Å². The third-order valence-electron chi connectivity index (χ3n) is 5.82. The topological polar surface area (TPSA) is 146 Å². The van der Waals surface area contributed by atoms with Gasteiger partial charge in [0.15, 0.2) is 11.1 Å². The van der Waals surface area contributed by atoms with E-state index in [9.17, 15) is 29.4 Å². The third kappa shape index (κ3) is 8.87. The van der Waals surface area contributed by atoms with Crippen LogP contribution in [0.1, 0.15) is 105 Å². The van der Waals surface area contributed by atoms with Crippen LogP contribution in [0.4, 0.5) is 0 Å². The Hall–Kier alpha value is -3.04. The SMILES string of the molecule is CC1(C)OC(=O)C(=C(O)CCCCCCCCCCCCC(O)=C2C(=O)OC(C)(C)OC2=O)C(=O)O1. The van der Waals surface area contributed by atoms with Crippen molar-refractivity contribution in [3.63, 3.8) is 0 Å². The lowest BCUT2D eigenvalue weighted by atomic mass is 10.0. The van der Waals surface area contributed by atoms with Crippen LogP contribution in [-0.2, 0) is 38.1 Å². The Morgan fingerprint density at radius 2 is 0.722 bits per heavy atom. The molecule has 10 heteroatoms. The second-order valence-electron chi connectivity index (χ2n) is 10.0. The summed E-state index contributed by atoms with van der Waals surface area (Å²) in [5.74, 6) is -6.66. The van der Waals surface area contributed by atoms with E-state index in [2.05, 4.69) is 0 Å². The van der Waals surface area contributed by atoms with Gasteiger partial charge in [-0.25, -0.2) is 19.2 Å². The van der Waals surface area contributed by atoms with Gasteiger partial charge in [-0.05, 0) is 12.8 Å². The summed E-state index contributed by atoms with van der Waals surface area (Å²) in [6.07, 6.45) is 9.66. The van der Waals surface area contributed by atoms with Crippen LogP contribution >= 0.6 is 0 Å². The predicted octanol–water partition coefficient (Wildman–Crippen LogP) is 4.96. The highest BCUT2D eigenvalue weighted by atomic mass is 16.7. The zero-order chi connectivity index (χ0) is 26.9. The van der Waals surface area contributed by atoms with Gasteiger partial charge in [-0.2, -0.15) is 0 Å². The molecular weight excluding hydrogens is 472 g/mol. The Labute approximate surface area is 211 Å². The molecule has 0 atom stereocenters. The summed E-state index contributed by atoms with van der Waals surface area (Å²) < 4.78 is 20.0. The molecule has 202 valence electrons. The number of hydrogen-bond acceptors (Lipinski definition) is 10. The van der Waals surface area contributed by atoms with Crippen LogP contribution in [0.3, 0.4) is 0 Å².